The van der Waals surface area contributed by atoms with E-state index in [1.165, 1.54) is 0 Å². The lowest BCUT2D eigenvalue weighted by atomic mass is 10.2. The van der Waals surface area contributed by atoms with Gasteiger partial charge in [0.05, 0.1) is 5.69 Å². The van der Waals surface area contributed by atoms with E-state index in [4.69, 9.17) is 16.0 Å². The molecule has 4 nitrogen and oxygen atoms in total. The van der Waals surface area contributed by atoms with Crippen LogP contribution in [0.4, 0.5) is 5.69 Å². The number of aryl methyl sites for hydroxylation is 1. The largest absolute Gasteiger partial charge is 0.439 e. The minimum absolute atomic E-state index is 0.264. The van der Waals surface area contributed by atoms with E-state index < -0.39 is 0 Å². The van der Waals surface area contributed by atoms with Crippen LogP contribution in [0, 0.1) is 6.92 Å². The standard InChI is InChI=1S/C15H10BrClN2O2/c1-8-18-12-3-2-4-13(14(12)21-8)19-15(20)9-5-10(16)7-11(17)6-9/h2-7H,1H3,(H,19,20). The summed E-state index contributed by atoms with van der Waals surface area (Å²) in [5.74, 6) is 0.289. The van der Waals surface area contributed by atoms with Gasteiger partial charge in [0.15, 0.2) is 11.5 Å². The molecule has 1 N–H and O–H groups in total. The molecular formula is C15H10BrClN2O2. The second-order valence-electron chi connectivity index (χ2n) is 4.50. The second-order valence-corrected chi connectivity index (χ2v) is 5.85. The highest BCUT2D eigenvalue weighted by molar-refractivity contribution is 9.10. The van der Waals surface area contributed by atoms with Crippen LogP contribution in [-0.2, 0) is 0 Å². The van der Waals surface area contributed by atoms with E-state index >= 15 is 0 Å². The topological polar surface area (TPSA) is 55.1 Å². The lowest BCUT2D eigenvalue weighted by molar-refractivity contribution is 0.102. The van der Waals surface area contributed by atoms with Crippen molar-refractivity contribution in [2.45, 2.75) is 6.92 Å². The number of halogens is 2. The number of amides is 1. The third-order valence-electron chi connectivity index (χ3n) is 2.89. The Morgan fingerprint density at radius 1 is 1.33 bits per heavy atom. The maximum Gasteiger partial charge on any atom is 0.255 e. The van der Waals surface area contributed by atoms with Crippen LogP contribution in [-0.4, -0.2) is 10.9 Å². The van der Waals surface area contributed by atoms with Crippen LogP contribution in [0.25, 0.3) is 11.1 Å². The van der Waals surface area contributed by atoms with Gasteiger partial charge in [0.25, 0.3) is 5.91 Å². The van der Waals surface area contributed by atoms with Crippen LogP contribution in [0.1, 0.15) is 16.2 Å². The van der Waals surface area contributed by atoms with Crippen molar-refractivity contribution in [3.8, 4) is 0 Å². The number of hydrogen-bond acceptors (Lipinski definition) is 3. The first-order valence-corrected chi connectivity index (χ1v) is 7.33. The first-order valence-electron chi connectivity index (χ1n) is 6.16. The maximum atomic E-state index is 12.3. The Bertz CT molecular complexity index is 825. The highest BCUT2D eigenvalue weighted by Gasteiger charge is 2.12. The van der Waals surface area contributed by atoms with Gasteiger partial charge < -0.3 is 9.73 Å². The lowest BCUT2D eigenvalue weighted by Gasteiger charge is -2.06. The molecule has 0 atom stereocenters. The smallest absolute Gasteiger partial charge is 0.255 e. The molecule has 3 rings (SSSR count). The van der Waals surface area contributed by atoms with Crippen molar-refractivity contribution < 1.29 is 9.21 Å². The van der Waals surface area contributed by atoms with Gasteiger partial charge in [-0.05, 0) is 30.3 Å². The average molecular weight is 366 g/mol. The van der Waals surface area contributed by atoms with Crippen molar-refractivity contribution in [3.63, 3.8) is 0 Å². The van der Waals surface area contributed by atoms with E-state index in [1.54, 1.807) is 31.2 Å². The Hall–Kier alpha value is -1.85. The molecule has 106 valence electrons. The van der Waals surface area contributed by atoms with Gasteiger partial charge in [-0.3, -0.25) is 4.79 Å². The number of nitrogens with one attached hydrogen (secondary N) is 1. The van der Waals surface area contributed by atoms with Crippen LogP contribution < -0.4 is 5.32 Å². The molecule has 0 spiro atoms. The number of benzene rings is 2. The van der Waals surface area contributed by atoms with Crippen LogP contribution in [0.5, 0.6) is 0 Å². The fourth-order valence-electron chi connectivity index (χ4n) is 2.04. The van der Waals surface area contributed by atoms with Crippen LogP contribution in [0.3, 0.4) is 0 Å². The molecule has 0 saturated carbocycles. The molecule has 0 bridgehead atoms. The van der Waals surface area contributed by atoms with Crippen molar-refractivity contribution in [2.75, 3.05) is 5.32 Å². The van der Waals surface area contributed by atoms with Crippen molar-refractivity contribution in [1.29, 1.82) is 0 Å². The average Bonchev–Trinajstić information content (AvgIpc) is 2.79. The van der Waals surface area contributed by atoms with E-state index in [1.807, 2.05) is 12.1 Å². The molecular weight excluding hydrogens is 356 g/mol. The summed E-state index contributed by atoms with van der Waals surface area (Å²) >= 11 is 9.27. The zero-order chi connectivity index (χ0) is 15.0. The Morgan fingerprint density at radius 2 is 2.14 bits per heavy atom. The number of rotatable bonds is 2. The van der Waals surface area contributed by atoms with Gasteiger partial charge in [-0.1, -0.05) is 33.6 Å². The van der Waals surface area contributed by atoms with Gasteiger partial charge in [-0.15, -0.1) is 0 Å². The van der Waals surface area contributed by atoms with Gasteiger partial charge >= 0.3 is 0 Å². The quantitative estimate of drug-likeness (QED) is 0.709. The molecule has 6 heteroatoms. The third-order valence-corrected chi connectivity index (χ3v) is 3.57. The SMILES string of the molecule is Cc1nc2cccc(NC(=O)c3cc(Cl)cc(Br)c3)c2o1. The monoisotopic (exact) mass is 364 g/mol. The molecule has 2 aromatic carbocycles. The summed E-state index contributed by atoms with van der Waals surface area (Å²) < 4.78 is 6.27. The predicted octanol–water partition coefficient (Wildman–Crippen LogP) is 4.80. The first kappa shape index (κ1) is 14.1. The minimum atomic E-state index is -0.264. The van der Waals surface area contributed by atoms with Crippen molar-refractivity contribution in [2.24, 2.45) is 0 Å². The molecule has 0 radical (unpaired) electrons. The highest BCUT2D eigenvalue weighted by Crippen LogP contribution is 2.25. The van der Waals surface area contributed by atoms with Gasteiger partial charge in [0.2, 0.25) is 0 Å². The van der Waals surface area contributed by atoms with Gasteiger partial charge in [-0.25, -0.2) is 4.98 Å². The summed E-state index contributed by atoms with van der Waals surface area (Å²) in [5, 5.41) is 3.31. The maximum absolute atomic E-state index is 12.3. The zero-order valence-electron chi connectivity index (χ0n) is 11.0. The Morgan fingerprint density at radius 3 is 2.90 bits per heavy atom. The fourth-order valence-corrected chi connectivity index (χ4v) is 2.90. The molecule has 0 fully saturated rings. The molecule has 1 amide bonds. The summed E-state index contributed by atoms with van der Waals surface area (Å²) in [6.45, 7) is 1.76. The number of oxazole rings is 1. The number of carbonyl (C=O) groups is 1. The van der Waals surface area contributed by atoms with Gasteiger partial charge in [0.1, 0.15) is 5.52 Å². The summed E-state index contributed by atoms with van der Waals surface area (Å²) in [5.41, 5.74) is 2.30. The summed E-state index contributed by atoms with van der Waals surface area (Å²) in [6.07, 6.45) is 0. The van der Waals surface area contributed by atoms with Crippen molar-refractivity contribution >= 4 is 50.2 Å². The first-order chi connectivity index (χ1) is 10.0. The molecule has 0 unspecified atom stereocenters. The predicted molar refractivity (Wildman–Crippen MR) is 85.9 cm³/mol. The molecule has 0 aliphatic heterocycles. The number of nitrogens with zero attached hydrogens (tertiary/aromatic N) is 1. The third kappa shape index (κ3) is 2.94. The molecule has 0 saturated heterocycles. The molecule has 1 heterocycles. The Labute approximate surface area is 134 Å². The highest BCUT2D eigenvalue weighted by atomic mass is 79.9. The van der Waals surface area contributed by atoms with Crippen molar-refractivity contribution in [3.05, 3.63) is 57.3 Å². The second kappa shape index (κ2) is 5.50. The normalized spacial score (nSPS) is 10.8. The molecule has 1 aromatic heterocycles. The summed E-state index contributed by atoms with van der Waals surface area (Å²) in [7, 11) is 0. The van der Waals surface area contributed by atoms with E-state index in [9.17, 15) is 4.79 Å². The molecule has 21 heavy (non-hydrogen) atoms. The van der Waals surface area contributed by atoms with Gasteiger partial charge in [0, 0.05) is 22.0 Å². The number of carbonyl (C=O) groups excluding carboxylic acids is 1. The Kier molecular flexibility index (Phi) is 3.69. The van der Waals surface area contributed by atoms with Gasteiger partial charge in [-0.2, -0.15) is 0 Å². The number of hydrogen-bond donors (Lipinski definition) is 1. The zero-order valence-corrected chi connectivity index (χ0v) is 13.3. The van der Waals surface area contributed by atoms with Crippen molar-refractivity contribution in [1.82, 2.24) is 4.98 Å². The van der Waals surface area contributed by atoms with E-state index in [0.29, 0.717) is 33.3 Å². The van der Waals surface area contributed by atoms with E-state index in [0.717, 1.165) is 4.47 Å². The summed E-state index contributed by atoms with van der Waals surface area (Å²) in [6, 6.07) is 10.4. The van der Waals surface area contributed by atoms with Crippen LogP contribution in [0.15, 0.2) is 45.3 Å². The van der Waals surface area contributed by atoms with E-state index in [-0.39, 0.29) is 5.91 Å². The van der Waals surface area contributed by atoms with Crippen LogP contribution in [0.2, 0.25) is 5.02 Å². The number of anilines is 1. The minimum Gasteiger partial charge on any atom is -0.439 e. The fraction of sp³-hybridized carbons (Fsp3) is 0.0667. The number of para-hydroxylation sites is 1. The van der Waals surface area contributed by atoms with Crippen LogP contribution >= 0.6 is 27.5 Å². The summed E-state index contributed by atoms with van der Waals surface area (Å²) in [4.78, 5) is 16.6. The molecule has 3 aromatic rings. The number of aromatic nitrogens is 1. The molecule has 0 aliphatic rings. The van der Waals surface area contributed by atoms with E-state index in [2.05, 4.69) is 26.2 Å². The lowest BCUT2D eigenvalue weighted by Crippen LogP contribution is -2.12. The molecule has 0 aliphatic carbocycles. The number of fused-ring (bicyclic) bond motifs is 1. The Balaban J connectivity index is 1.96.